The SMILES string of the molecule is CC(=O)N1CCc2cc(S(=O)(=O)C(C)CC(=O)Nc3cccc(Cl)c3)ccc21. The standard InChI is InChI=1S/C20H21ClN2O4S/c1-13(10-20(25)22-17-5-3-4-16(21)12-17)28(26,27)18-6-7-19-15(11-18)8-9-23(19)14(2)24/h3-7,11-13H,8-10H2,1-2H3,(H,22,25). The van der Waals surface area contributed by atoms with E-state index in [0.717, 1.165) is 11.3 Å². The first-order valence-corrected chi connectivity index (χ1v) is 10.8. The van der Waals surface area contributed by atoms with E-state index >= 15 is 0 Å². The Hall–Kier alpha value is -2.38. The molecule has 2 aromatic carbocycles. The van der Waals surface area contributed by atoms with Crippen molar-refractivity contribution in [1.82, 2.24) is 0 Å². The van der Waals surface area contributed by atoms with Crippen LogP contribution in [0.5, 0.6) is 0 Å². The number of anilines is 2. The summed E-state index contributed by atoms with van der Waals surface area (Å²) in [5, 5.41) is 2.25. The lowest BCUT2D eigenvalue weighted by Crippen LogP contribution is -2.26. The fraction of sp³-hybridized carbons (Fsp3) is 0.300. The molecule has 0 aliphatic carbocycles. The van der Waals surface area contributed by atoms with Gasteiger partial charge in [0.15, 0.2) is 9.84 Å². The molecule has 1 N–H and O–H groups in total. The molecule has 6 nitrogen and oxygen atoms in total. The van der Waals surface area contributed by atoms with Crippen molar-refractivity contribution in [2.24, 2.45) is 0 Å². The van der Waals surface area contributed by atoms with Gasteiger partial charge >= 0.3 is 0 Å². The largest absolute Gasteiger partial charge is 0.326 e. The van der Waals surface area contributed by atoms with Gasteiger partial charge in [-0.15, -0.1) is 0 Å². The van der Waals surface area contributed by atoms with E-state index in [9.17, 15) is 18.0 Å². The molecule has 1 heterocycles. The second-order valence-corrected chi connectivity index (χ2v) is 9.63. The van der Waals surface area contributed by atoms with Crippen LogP contribution < -0.4 is 10.2 Å². The third-order valence-corrected chi connectivity index (χ3v) is 7.14. The van der Waals surface area contributed by atoms with E-state index in [1.54, 1.807) is 41.3 Å². The lowest BCUT2D eigenvalue weighted by atomic mass is 10.2. The average Bonchev–Trinajstić information content (AvgIpc) is 3.05. The van der Waals surface area contributed by atoms with Gasteiger partial charge in [0, 0.05) is 36.3 Å². The van der Waals surface area contributed by atoms with Gasteiger partial charge in [-0.3, -0.25) is 9.59 Å². The maximum absolute atomic E-state index is 12.9. The topological polar surface area (TPSA) is 83.6 Å². The fourth-order valence-corrected chi connectivity index (χ4v) is 4.85. The predicted octanol–water partition coefficient (Wildman–Crippen LogP) is 3.44. The predicted molar refractivity (Wildman–Crippen MR) is 110 cm³/mol. The molecule has 2 amide bonds. The van der Waals surface area contributed by atoms with E-state index in [-0.39, 0.29) is 17.2 Å². The van der Waals surface area contributed by atoms with Crippen LogP contribution in [0.25, 0.3) is 0 Å². The Bertz CT molecular complexity index is 1040. The molecule has 28 heavy (non-hydrogen) atoms. The number of fused-ring (bicyclic) bond motifs is 1. The lowest BCUT2D eigenvalue weighted by molar-refractivity contribution is -0.117. The molecule has 0 saturated heterocycles. The first kappa shape index (κ1) is 20.4. The number of halogens is 1. The third kappa shape index (κ3) is 4.20. The Morgan fingerprint density at radius 3 is 2.64 bits per heavy atom. The fourth-order valence-electron chi connectivity index (χ4n) is 3.26. The van der Waals surface area contributed by atoms with Crippen molar-refractivity contribution in [1.29, 1.82) is 0 Å². The molecule has 8 heteroatoms. The highest BCUT2D eigenvalue weighted by molar-refractivity contribution is 7.92. The Morgan fingerprint density at radius 2 is 1.96 bits per heavy atom. The monoisotopic (exact) mass is 420 g/mol. The quantitative estimate of drug-likeness (QED) is 0.803. The number of amides is 2. The second kappa shape index (κ2) is 7.93. The van der Waals surface area contributed by atoms with Crippen molar-refractivity contribution in [2.45, 2.75) is 36.8 Å². The molecule has 1 unspecified atom stereocenters. The van der Waals surface area contributed by atoms with Gasteiger partial charge < -0.3 is 10.2 Å². The molecular weight excluding hydrogens is 400 g/mol. The Morgan fingerprint density at radius 1 is 1.21 bits per heavy atom. The minimum atomic E-state index is -3.68. The summed E-state index contributed by atoms with van der Waals surface area (Å²) in [7, 11) is -3.68. The van der Waals surface area contributed by atoms with Crippen molar-refractivity contribution < 1.29 is 18.0 Å². The van der Waals surface area contributed by atoms with Crippen molar-refractivity contribution in [3.05, 3.63) is 53.1 Å². The number of hydrogen-bond donors (Lipinski definition) is 1. The minimum absolute atomic E-state index is 0.0691. The Kier molecular flexibility index (Phi) is 5.76. The number of hydrogen-bond acceptors (Lipinski definition) is 4. The maximum atomic E-state index is 12.9. The van der Waals surface area contributed by atoms with Gasteiger partial charge in [-0.25, -0.2) is 8.42 Å². The van der Waals surface area contributed by atoms with Crippen molar-refractivity contribution in [3.8, 4) is 0 Å². The number of sulfone groups is 1. The van der Waals surface area contributed by atoms with E-state index in [1.165, 1.54) is 19.9 Å². The van der Waals surface area contributed by atoms with Crippen LogP contribution in [0.1, 0.15) is 25.8 Å². The van der Waals surface area contributed by atoms with Crippen LogP contribution in [-0.4, -0.2) is 32.0 Å². The van der Waals surface area contributed by atoms with Crippen LogP contribution in [-0.2, 0) is 25.8 Å². The molecule has 1 aliphatic rings. The number of benzene rings is 2. The Balaban J connectivity index is 1.73. The normalized spacial score (nSPS) is 14.5. The van der Waals surface area contributed by atoms with Gasteiger partial charge in [0.2, 0.25) is 11.8 Å². The van der Waals surface area contributed by atoms with Crippen molar-refractivity contribution in [2.75, 3.05) is 16.8 Å². The molecule has 0 bridgehead atoms. The van der Waals surface area contributed by atoms with E-state index in [2.05, 4.69) is 5.32 Å². The average molecular weight is 421 g/mol. The minimum Gasteiger partial charge on any atom is -0.326 e. The summed E-state index contributed by atoms with van der Waals surface area (Å²) in [4.78, 5) is 25.7. The molecule has 148 valence electrons. The molecular formula is C20H21ClN2O4S. The van der Waals surface area contributed by atoms with E-state index < -0.39 is 21.0 Å². The molecule has 0 spiro atoms. The van der Waals surface area contributed by atoms with E-state index in [4.69, 9.17) is 11.6 Å². The summed E-state index contributed by atoms with van der Waals surface area (Å²) in [6.07, 6.45) is 0.438. The number of nitrogens with zero attached hydrogens (tertiary/aromatic N) is 1. The summed E-state index contributed by atoms with van der Waals surface area (Å²) in [5.74, 6) is -0.470. The molecule has 1 atom stereocenters. The first-order chi connectivity index (χ1) is 13.2. The van der Waals surface area contributed by atoms with Gasteiger partial charge in [-0.1, -0.05) is 17.7 Å². The number of carbonyl (C=O) groups is 2. The smallest absolute Gasteiger partial charge is 0.225 e. The molecule has 3 rings (SSSR count). The molecule has 1 aliphatic heterocycles. The van der Waals surface area contributed by atoms with Crippen LogP contribution in [0.4, 0.5) is 11.4 Å². The summed E-state index contributed by atoms with van der Waals surface area (Å²) >= 11 is 5.89. The van der Waals surface area contributed by atoms with Crippen LogP contribution >= 0.6 is 11.6 Å². The summed E-state index contributed by atoms with van der Waals surface area (Å²) in [6.45, 7) is 3.55. The van der Waals surface area contributed by atoms with Gasteiger partial charge in [-0.2, -0.15) is 0 Å². The molecule has 0 fully saturated rings. The zero-order valence-corrected chi connectivity index (χ0v) is 17.2. The van der Waals surface area contributed by atoms with Gasteiger partial charge in [-0.05, 0) is 55.3 Å². The van der Waals surface area contributed by atoms with E-state index in [1.807, 2.05) is 0 Å². The second-order valence-electron chi connectivity index (χ2n) is 6.83. The molecule has 2 aromatic rings. The zero-order chi connectivity index (χ0) is 20.5. The summed E-state index contributed by atoms with van der Waals surface area (Å²) in [6, 6.07) is 11.4. The number of nitrogens with one attached hydrogen (secondary N) is 1. The molecule has 0 radical (unpaired) electrons. The van der Waals surface area contributed by atoms with Crippen molar-refractivity contribution in [3.63, 3.8) is 0 Å². The first-order valence-electron chi connectivity index (χ1n) is 8.89. The Labute approximate surface area is 169 Å². The van der Waals surface area contributed by atoms with Crippen LogP contribution in [0.15, 0.2) is 47.4 Å². The lowest BCUT2D eigenvalue weighted by Gasteiger charge is -2.16. The number of rotatable bonds is 5. The van der Waals surface area contributed by atoms with Gasteiger partial charge in [0.25, 0.3) is 0 Å². The number of carbonyl (C=O) groups excluding carboxylic acids is 2. The highest BCUT2D eigenvalue weighted by Gasteiger charge is 2.29. The van der Waals surface area contributed by atoms with Crippen LogP contribution in [0.2, 0.25) is 5.02 Å². The summed E-state index contributed by atoms with van der Waals surface area (Å²) in [5.41, 5.74) is 2.09. The summed E-state index contributed by atoms with van der Waals surface area (Å²) < 4.78 is 25.8. The van der Waals surface area contributed by atoms with Crippen LogP contribution in [0, 0.1) is 0 Å². The van der Waals surface area contributed by atoms with E-state index in [0.29, 0.717) is 23.7 Å². The zero-order valence-electron chi connectivity index (χ0n) is 15.6. The highest BCUT2D eigenvalue weighted by Crippen LogP contribution is 2.31. The maximum Gasteiger partial charge on any atom is 0.225 e. The van der Waals surface area contributed by atoms with Gasteiger partial charge in [0.1, 0.15) is 0 Å². The van der Waals surface area contributed by atoms with Crippen molar-refractivity contribution >= 4 is 44.6 Å². The highest BCUT2D eigenvalue weighted by atomic mass is 35.5. The molecule has 0 saturated carbocycles. The van der Waals surface area contributed by atoms with Gasteiger partial charge in [0.05, 0.1) is 10.1 Å². The van der Waals surface area contributed by atoms with Crippen LogP contribution in [0.3, 0.4) is 0 Å². The third-order valence-electron chi connectivity index (χ3n) is 4.77. The molecule has 0 aromatic heterocycles.